The molecule has 0 radical (unpaired) electrons. The van der Waals surface area contributed by atoms with Gasteiger partial charge in [0.15, 0.2) is 0 Å². The van der Waals surface area contributed by atoms with E-state index in [-0.39, 0.29) is 6.61 Å². The lowest BCUT2D eigenvalue weighted by Crippen LogP contribution is -2.28. The molecular formula is C14H23NO2. The van der Waals surface area contributed by atoms with Crippen LogP contribution >= 0.6 is 0 Å². The molecule has 96 valence electrons. The topological polar surface area (TPSA) is 52.5 Å². The lowest BCUT2D eigenvalue weighted by molar-refractivity contribution is 0.262. The van der Waals surface area contributed by atoms with Crippen LogP contribution in [0.5, 0.6) is 5.75 Å². The number of hydrogen-bond donors (Lipinski definition) is 3. The molecule has 3 N–H and O–H groups in total. The number of phenolic OH excluding ortho intramolecular Hbond substituents is 1. The van der Waals surface area contributed by atoms with Crippen molar-refractivity contribution in [2.24, 2.45) is 0 Å². The van der Waals surface area contributed by atoms with Gasteiger partial charge in [-0.1, -0.05) is 19.1 Å². The van der Waals surface area contributed by atoms with E-state index < -0.39 is 0 Å². The fraction of sp³-hybridized carbons (Fsp3) is 0.571. The SMILES string of the molecule is CCC(CCO)NCc1cc(C)c(O)c(C)c1. The predicted molar refractivity (Wildman–Crippen MR) is 70.2 cm³/mol. The third kappa shape index (κ3) is 4.02. The molecule has 0 aliphatic heterocycles. The first-order valence-corrected chi connectivity index (χ1v) is 6.21. The Hall–Kier alpha value is -1.06. The van der Waals surface area contributed by atoms with Crippen molar-refractivity contribution in [1.82, 2.24) is 5.32 Å². The van der Waals surface area contributed by atoms with Crippen LogP contribution in [0.1, 0.15) is 36.5 Å². The van der Waals surface area contributed by atoms with Gasteiger partial charge in [0.1, 0.15) is 5.75 Å². The summed E-state index contributed by atoms with van der Waals surface area (Å²) >= 11 is 0. The molecular weight excluding hydrogens is 214 g/mol. The average molecular weight is 237 g/mol. The highest BCUT2D eigenvalue weighted by Gasteiger charge is 2.07. The first-order valence-electron chi connectivity index (χ1n) is 6.21. The number of rotatable bonds is 6. The predicted octanol–water partition coefficient (Wildman–Crippen LogP) is 2.26. The highest BCUT2D eigenvalue weighted by Crippen LogP contribution is 2.22. The number of phenols is 1. The van der Waals surface area contributed by atoms with Gasteiger partial charge in [0.05, 0.1) is 0 Å². The summed E-state index contributed by atoms with van der Waals surface area (Å²) in [6, 6.07) is 4.36. The Labute approximate surface area is 103 Å². The number of benzene rings is 1. The van der Waals surface area contributed by atoms with E-state index in [9.17, 15) is 5.11 Å². The lowest BCUT2D eigenvalue weighted by Gasteiger charge is -2.16. The van der Waals surface area contributed by atoms with E-state index in [0.29, 0.717) is 11.8 Å². The van der Waals surface area contributed by atoms with E-state index in [0.717, 1.165) is 30.5 Å². The fourth-order valence-electron chi connectivity index (χ4n) is 2.02. The molecule has 1 unspecified atom stereocenters. The molecule has 0 heterocycles. The van der Waals surface area contributed by atoms with Gasteiger partial charge in [-0.2, -0.15) is 0 Å². The van der Waals surface area contributed by atoms with Gasteiger partial charge in [-0.15, -0.1) is 0 Å². The molecule has 0 amide bonds. The standard InChI is InChI=1S/C14H23NO2/c1-4-13(5-6-16)15-9-12-7-10(2)14(17)11(3)8-12/h7-8,13,15-17H,4-6,9H2,1-3H3. The maximum Gasteiger partial charge on any atom is 0.121 e. The quantitative estimate of drug-likeness (QED) is 0.711. The number of aromatic hydroxyl groups is 1. The van der Waals surface area contributed by atoms with Crippen molar-refractivity contribution in [2.45, 2.75) is 46.2 Å². The third-order valence-electron chi connectivity index (χ3n) is 3.12. The van der Waals surface area contributed by atoms with E-state index >= 15 is 0 Å². The smallest absolute Gasteiger partial charge is 0.121 e. The molecule has 0 spiro atoms. The molecule has 0 aliphatic carbocycles. The van der Waals surface area contributed by atoms with Crippen LogP contribution < -0.4 is 5.32 Å². The van der Waals surface area contributed by atoms with Gasteiger partial charge in [-0.3, -0.25) is 0 Å². The van der Waals surface area contributed by atoms with Crippen LogP contribution in [0.15, 0.2) is 12.1 Å². The highest BCUT2D eigenvalue weighted by molar-refractivity contribution is 5.42. The molecule has 0 saturated carbocycles. The van der Waals surface area contributed by atoms with Crippen LogP contribution in [0.2, 0.25) is 0 Å². The Bertz CT molecular complexity index is 340. The highest BCUT2D eigenvalue weighted by atomic mass is 16.3. The minimum Gasteiger partial charge on any atom is -0.507 e. The Kier molecular flexibility index (Phi) is 5.45. The summed E-state index contributed by atoms with van der Waals surface area (Å²) in [4.78, 5) is 0. The number of aliphatic hydroxyl groups is 1. The van der Waals surface area contributed by atoms with E-state index in [1.807, 2.05) is 26.0 Å². The third-order valence-corrected chi connectivity index (χ3v) is 3.12. The number of aliphatic hydroxyl groups excluding tert-OH is 1. The van der Waals surface area contributed by atoms with Crippen molar-refractivity contribution in [3.05, 3.63) is 28.8 Å². The lowest BCUT2D eigenvalue weighted by atomic mass is 10.0. The Morgan fingerprint density at radius 1 is 1.24 bits per heavy atom. The zero-order chi connectivity index (χ0) is 12.8. The number of nitrogens with one attached hydrogen (secondary N) is 1. The number of aryl methyl sites for hydroxylation is 2. The second kappa shape index (κ2) is 6.62. The molecule has 1 rings (SSSR count). The van der Waals surface area contributed by atoms with Gasteiger partial charge in [-0.25, -0.2) is 0 Å². The molecule has 3 heteroatoms. The van der Waals surface area contributed by atoms with E-state index in [1.165, 1.54) is 5.56 Å². The molecule has 3 nitrogen and oxygen atoms in total. The molecule has 1 aromatic carbocycles. The van der Waals surface area contributed by atoms with Crippen LogP contribution in [0.3, 0.4) is 0 Å². The van der Waals surface area contributed by atoms with Crippen LogP contribution in [0, 0.1) is 13.8 Å². The maximum absolute atomic E-state index is 9.69. The van der Waals surface area contributed by atoms with Gasteiger partial charge >= 0.3 is 0 Å². The summed E-state index contributed by atoms with van der Waals surface area (Å²) in [5.41, 5.74) is 3.00. The minimum absolute atomic E-state index is 0.221. The minimum atomic E-state index is 0.221. The maximum atomic E-state index is 9.69. The number of hydrogen-bond acceptors (Lipinski definition) is 3. The van der Waals surface area contributed by atoms with Gasteiger partial charge in [0.25, 0.3) is 0 Å². The van der Waals surface area contributed by atoms with Crippen molar-refractivity contribution < 1.29 is 10.2 Å². The van der Waals surface area contributed by atoms with Crippen LogP contribution in [0.25, 0.3) is 0 Å². The van der Waals surface area contributed by atoms with Gasteiger partial charge in [0, 0.05) is 19.2 Å². The molecule has 1 atom stereocenters. The zero-order valence-electron chi connectivity index (χ0n) is 11.0. The second-order valence-corrected chi connectivity index (χ2v) is 4.58. The summed E-state index contributed by atoms with van der Waals surface area (Å²) < 4.78 is 0. The first-order chi connectivity index (χ1) is 8.08. The van der Waals surface area contributed by atoms with Crippen LogP contribution in [-0.4, -0.2) is 22.9 Å². The molecule has 0 fully saturated rings. The summed E-state index contributed by atoms with van der Waals surface area (Å²) in [7, 11) is 0. The van der Waals surface area contributed by atoms with Crippen molar-refractivity contribution >= 4 is 0 Å². The van der Waals surface area contributed by atoms with E-state index in [1.54, 1.807) is 0 Å². The fourth-order valence-corrected chi connectivity index (χ4v) is 2.02. The van der Waals surface area contributed by atoms with Crippen molar-refractivity contribution in [1.29, 1.82) is 0 Å². The molecule has 0 saturated heterocycles. The summed E-state index contributed by atoms with van der Waals surface area (Å²) in [6.45, 7) is 6.94. The molecule has 0 aliphatic rings. The molecule has 0 bridgehead atoms. The van der Waals surface area contributed by atoms with Gasteiger partial charge < -0.3 is 15.5 Å². The van der Waals surface area contributed by atoms with E-state index in [2.05, 4.69) is 12.2 Å². The van der Waals surface area contributed by atoms with Crippen LogP contribution in [-0.2, 0) is 6.54 Å². The normalized spacial score (nSPS) is 12.7. The average Bonchev–Trinajstić information content (AvgIpc) is 2.31. The Balaban J connectivity index is 2.63. The Morgan fingerprint density at radius 3 is 2.29 bits per heavy atom. The van der Waals surface area contributed by atoms with E-state index in [4.69, 9.17) is 5.11 Å². The molecule has 0 aromatic heterocycles. The van der Waals surface area contributed by atoms with Gasteiger partial charge in [0.2, 0.25) is 0 Å². The van der Waals surface area contributed by atoms with Gasteiger partial charge in [-0.05, 0) is 43.4 Å². The van der Waals surface area contributed by atoms with Crippen molar-refractivity contribution in [3.8, 4) is 5.75 Å². The first kappa shape index (κ1) is 14.0. The molecule has 17 heavy (non-hydrogen) atoms. The van der Waals surface area contributed by atoms with Crippen molar-refractivity contribution in [3.63, 3.8) is 0 Å². The summed E-state index contributed by atoms with van der Waals surface area (Å²) in [5, 5.41) is 22.0. The Morgan fingerprint density at radius 2 is 1.82 bits per heavy atom. The second-order valence-electron chi connectivity index (χ2n) is 4.58. The summed E-state index contributed by atoms with van der Waals surface area (Å²) in [6.07, 6.45) is 1.79. The van der Waals surface area contributed by atoms with Crippen LogP contribution in [0.4, 0.5) is 0 Å². The zero-order valence-corrected chi connectivity index (χ0v) is 11.0. The largest absolute Gasteiger partial charge is 0.507 e. The summed E-state index contributed by atoms with van der Waals surface area (Å²) in [5.74, 6) is 0.385. The van der Waals surface area contributed by atoms with Crippen molar-refractivity contribution in [2.75, 3.05) is 6.61 Å². The molecule has 1 aromatic rings. The monoisotopic (exact) mass is 237 g/mol.